The Morgan fingerprint density at radius 3 is 2.95 bits per heavy atom. The van der Waals surface area contributed by atoms with Gasteiger partial charge in [0.1, 0.15) is 11.6 Å². The second-order valence-electron chi connectivity index (χ2n) is 5.32. The van der Waals surface area contributed by atoms with E-state index in [0.717, 1.165) is 23.4 Å². The first kappa shape index (κ1) is 15.4. The van der Waals surface area contributed by atoms with Crippen LogP contribution in [-0.4, -0.2) is 26.4 Å². The normalized spacial score (nSPS) is 19.3. The zero-order chi connectivity index (χ0) is 14.8. The number of aromatic nitrogens is 2. The Morgan fingerprint density at radius 1 is 1.38 bits per heavy atom. The molecule has 0 saturated carbocycles. The molecule has 2 heterocycles. The minimum atomic E-state index is -0.390. The third-order valence-electron chi connectivity index (χ3n) is 3.85. The molecule has 1 atom stereocenters. The number of hydrogen-bond acceptors (Lipinski definition) is 2. The summed E-state index contributed by atoms with van der Waals surface area (Å²) in [5.41, 5.74) is 1.57. The van der Waals surface area contributed by atoms with E-state index >= 15 is 0 Å². The molecule has 1 aliphatic rings. The van der Waals surface area contributed by atoms with Crippen LogP contribution in [0.4, 0.5) is 4.39 Å². The lowest BCUT2D eigenvalue weighted by Gasteiger charge is -2.22. The third kappa shape index (κ3) is 3.33. The molecule has 3 rings (SSSR count). The minimum Gasteiger partial charge on any atom is -0.327 e. The van der Waals surface area contributed by atoms with Crippen LogP contribution in [0.3, 0.4) is 0 Å². The predicted octanol–water partition coefficient (Wildman–Crippen LogP) is 4.90. The average molecular weight is 347 g/mol. The summed E-state index contributed by atoms with van der Waals surface area (Å²) >= 11 is 13.7. The van der Waals surface area contributed by atoms with Crippen molar-refractivity contribution in [3.63, 3.8) is 0 Å². The summed E-state index contributed by atoms with van der Waals surface area (Å²) in [6, 6.07) is 3.10. The molecular formula is C15H17Cl2FN2S. The van der Waals surface area contributed by atoms with Crippen LogP contribution in [0.2, 0.25) is 5.02 Å². The van der Waals surface area contributed by atoms with E-state index in [1.54, 1.807) is 6.07 Å². The molecule has 0 bridgehead atoms. The number of thioether (sulfide) groups is 1. The molecule has 0 spiro atoms. The highest BCUT2D eigenvalue weighted by atomic mass is 35.5. The fraction of sp³-hybridized carbons (Fsp3) is 0.533. The number of halogens is 3. The number of nitrogens with zero attached hydrogens (tertiary/aromatic N) is 2. The molecular weight excluding hydrogens is 330 g/mol. The SMILES string of the molecule is Fc1cc2c(cc1Cl)nc(CCCl)n2CC1CCCCS1. The number of benzene rings is 1. The van der Waals surface area contributed by atoms with Crippen molar-refractivity contribution in [3.05, 3.63) is 28.8 Å². The zero-order valence-corrected chi connectivity index (χ0v) is 13.9. The van der Waals surface area contributed by atoms with Crippen molar-refractivity contribution < 1.29 is 4.39 Å². The van der Waals surface area contributed by atoms with Crippen LogP contribution in [-0.2, 0) is 13.0 Å². The number of hydrogen-bond donors (Lipinski definition) is 0. The predicted molar refractivity (Wildman–Crippen MR) is 89.2 cm³/mol. The van der Waals surface area contributed by atoms with Gasteiger partial charge in [-0.25, -0.2) is 9.37 Å². The van der Waals surface area contributed by atoms with Gasteiger partial charge in [0.15, 0.2) is 0 Å². The van der Waals surface area contributed by atoms with Crippen molar-refractivity contribution in [1.82, 2.24) is 9.55 Å². The van der Waals surface area contributed by atoms with E-state index < -0.39 is 0 Å². The van der Waals surface area contributed by atoms with E-state index in [0.29, 0.717) is 17.6 Å². The fourth-order valence-corrected chi connectivity index (χ4v) is 4.42. The molecule has 1 aliphatic heterocycles. The summed E-state index contributed by atoms with van der Waals surface area (Å²) in [6.07, 6.45) is 4.47. The smallest absolute Gasteiger partial charge is 0.144 e. The van der Waals surface area contributed by atoms with Crippen LogP contribution in [0.25, 0.3) is 11.0 Å². The largest absolute Gasteiger partial charge is 0.327 e. The second kappa shape index (κ2) is 6.76. The molecule has 1 unspecified atom stereocenters. The molecule has 0 amide bonds. The summed E-state index contributed by atoms with van der Waals surface area (Å²) in [5.74, 6) is 2.26. The Labute approximate surface area is 138 Å². The van der Waals surface area contributed by atoms with Crippen LogP contribution in [0.15, 0.2) is 12.1 Å². The number of rotatable bonds is 4. The standard InChI is InChI=1S/C15H17Cl2FN2S/c16-5-4-15-19-13-7-11(17)12(18)8-14(13)20(15)9-10-3-1-2-6-21-10/h7-8,10H,1-6,9H2. The fourth-order valence-electron chi connectivity index (χ4n) is 2.80. The highest BCUT2D eigenvalue weighted by Gasteiger charge is 2.19. The van der Waals surface area contributed by atoms with E-state index in [2.05, 4.69) is 9.55 Å². The van der Waals surface area contributed by atoms with Crippen LogP contribution >= 0.6 is 35.0 Å². The molecule has 0 radical (unpaired) electrons. The van der Waals surface area contributed by atoms with Gasteiger partial charge in [0.2, 0.25) is 0 Å². The monoisotopic (exact) mass is 346 g/mol. The van der Waals surface area contributed by atoms with E-state index in [1.807, 2.05) is 11.8 Å². The first-order chi connectivity index (χ1) is 10.2. The number of alkyl halides is 1. The lowest BCUT2D eigenvalue weighted by molar-refractivity contribution is 0.576. The van der Waals surface area contributed by atoms with E-state index in [9.17, 15) is 4.39 Å². The maximum atomic E-state index is 13.8. The summed E-state index contributed by atoms with van der Waals surface area (Å²) in [5, 5.41) is 0.695. The minimum absolute atomic E-state index is 0.122. The Morgan fingerprint density at radius 2 is 2.24 bits per heavy atom. The van der Waals surface area contributed by atoms with Gasteiger partial charge in [0.25, 0.3) is 0 Å². The molecule has 6 heteroatoms. The van der Waals surface area contributed by atoms with Gasteiger partial charge in [-0.2, -0.15) is 11.8 Å². The molecule has 0 N–H and O–H groups in total. The lowest BCUT2D eigenvalue weighted by Crippen LogP contribution is -2.18. The van der Waals surface area contributed by atoms with Crippen molar-refractivity contribution >= 4 is 46.0 Å². The molecule has 1 aromatic carbocycles. The molecule has 0 aliphatic carbocycles. The maximum absolute atomic E-state index is 13.8. The van der Waals surface area contributed by atoms with Crippen LogP contribution in [0.5, 0.6) is 0 Å². The number of aryl methyl sites for hydroxylation is 1. The Hall–Kier alpha value is -0.450. The molecule has 1 aromatic heterocycles. The topological polar surface area (TPSA) is 17.8 Å². The average Bonchev–Trinajstić information content (AvgIpc) is 2.79. The van der Waals surface area contributed by atoms with E-state index in [4.69, 9.17) is 23.2 Å². The van der Waals surface area contributed by atoms with Crippen molar-refractivity contribution in [2.24, 2.45) is 0 Å². The molecule has 114 valence electrons. The quantitative estimate of drug-likeness (QED) is 0.733. The van der Waals surface area contributed by atoms with Gasteiger partial charge in [0.05, 0.1) is 16.1 Å². The number of fused-ring (bicyclic) bond motifs is 1. The first-order valence-corrected chi connectivity index (χ1v) is 9.17. The Kier molecular flexibility index (Phi) is 4.97. The van der Waals surface area contributed by atoms with Gasteiger partial charge < -0.3 is 4.57 Å². The van der Waals surface area contributed by atoms with Crippen LogP contribution in [0, 0.1) is 5.82 Å². The van der Waals surface area contributed by atoms with Crippen molar-refractivity contribution in [1.29, 1.82) is 0 Å². The van der Waals surface area contributed by atoms with Gasteiger partial charge in [-0.3, -0.25) is 0 Å². The zero-order valence-electron chi connectivity index (χ0n) is 11.6. The van der Waals surface area contributed by atoms with Gasteiger partial charge in [-0.15, -0.1) is 11.6 Å². The van der Waals surface area contributed by atoms with Gasteiger partial charge >= 0.3 is 0 Å². The highest BCUT2D eigenvalue weighted by molar-refractivity contribution is 7.99. The number of imidazole rings is 1. The molecule has 1 fully saturated rings. The molecule has 1 saturated heterocycles. The van der Waals surface area contributed by atoms with Gasteiger partial charge in [-0.1, -0.05) is 18.0 Å². The Bertz CT molecular complexity index is 638. The van der Waals surface area contributed by atoms with Gasteiger partial charge in [-0.05, 0) is 24.7 Å². The lowest BCUT2D eigenvalue weighted by atomic mass is 10.2. The molecule has 2 nitrogen and oxygen atoms in total. The summed E-state index contributed by atoms with van der Waals surface area (Å²) < 4.78 is 15.9. The van der Waals surface area contributed by atoms with Gasteiger partial charge in [0, 0.05) is 30.2 Å². The summed E-state index contributed by atoms with van der Waals surface area (Å²) in [4.78, 5) is 4.59. The van der Waals surface area contributed by atoms with Crippen molar-refractivity contribution in [2.45, 2.75) is 37.5 Å². The second-order valence-corrected chi connectivity index (χ2v) is 7.51. The first-order valence-electron chi connectivity index (χ1n) is 7.21. The molecule has 21 heavy (non-hydrogen) atoms. The highest BCUT2D eigenvalue weighted by Crippen LogP contribution is 2.30. The van der Waals surface area contributed by atoms with E-state index in [-0.39, 0.29) is 10.8 Å². The third-order valence-corrected chi connectivity index (χ3v) is 5.71. The maximum Gasteiger partial charge on any atom is 0.144 e. The van der Waals surface area contributed by atoms with Crippen molar-refractivity contribution in [3.8, 4) is 0 Å². The summed E-state index contributed by atoms with van der Waals surface area (Å²) in [7, 11) is 0. The van der Waals surface area contributed by atoms with Crippen LogP contribution in [0.1, 0.15) is 25.1 Å². The Balaban J connectivity index is 2.00. The summed E-state index contributed by atoms with van der Waals surface area (Å²) in [6.45, 7) is 0.870. The van der Waals surface area contributed by atoms with E-state index in [1.165, 1.54) is 31.1 Å². The van der Waals surface area contributed by atoms with Crippen LogP contribution < -0.4 is 0 Å². The molecule has 2 aromatic rings. The van der Waals surface area contributed by atoms with Crippen molar-refractivity contribution in [2.75, 3.05) is 11.6 Å².